The summed E-state index contributed by atoms with van der Waals surface area (Å²) in [6.45, 7) is 8.82. The number of benzene rings is 3. The van der Waals surface area contributed by atoms with E-state index in [1.807, 2.05) is 52.0 Å². The van der Waals surface area contributed by atoms with E-state index in [1.54, 1.807) is 49.4 Å². The monoisotopic (exact) mass is 599 g/mol. The van der Waals surface area contributed by atoms with Gasteiger partial charge in [0.25, 0.3) is 10.0 Å². The van der Waals surface area contributed by atoms with E-state index in [0.29, 0.717) is 5.69 Å². The molecule has 0 aliphatic rings. The molecule has 0 aliphatic carbocycles. The molecule has 3 rings (SSSR count). The Morgan fingerprint density at radius 3 is 2.05 bits per heavy atom. The lowest BCUT2D eigenvalue weighted by Gasteiger charge is -2.33. The Hall–Kier alpha value is -3.17. The van der Waals surface area contributed by atoms with Crippen LogP contribution in [0.25, 0.3) is 0 Å². The summed E-state index contributed by atoms with van der Waals surface area (Å²) in [5.74, 6) is -0.819. The molecule has 3 aromatic rings. The van der Waals surface area contributed by atoms with Crippen LogP contribution in [0.1, 0.15) is 38.8 Å². The molecule has 202 valence electrons. The molecule has 7 nitrogen and oxygen atoms in total. The van der Waals surface area contributed by atoms with Crippen molar-refractivity contribution < 1.29 is 18.0 Å². The van der Waals surface area contributed by atoms with Crippen LogP contribution in [0, 0.1) is 6.92 Å². The highest BCUT2D eigenvalue weighted by molar-refractivity contribution is 9.10. The maximum absolute atomic E-state index is 13.9. The van der Waals surface area contributed by atoms with Crippen LogP contribution < -0.4 is 9.62 Å². The van der Waals surface area contributed by atoms with Crippen molar-refractivity contribution in [3.8, 4) is 0 Å². The third-order valence-electron chi connectivity index (χ3n) is 5.86. The van der Waals surface area contributed by atoms with E-state index in [-0.39, 0.29) is 17.3 Å². The van der Waals surface area contributed by atoms with Gasteiger partial charge in [-0.2, -0.15) is 0 Å². The van der Waals surface area contributed by atoms with Crippen LogP contribution in [0.3, 0.4) is 0 Å². The Kier molecular flexibility index (Phi) is 9.38. The molecular formula is C29H34BrN3O4S. The first-order valence-corrected chi connectivity index (χ1v) is 14.5. The maximum Gasteiger partial charge on any atom is 0.264 e. The van der Waals surface area contributed by atoms with Crippen LogP contribution in [-0.4, -0.2) is 43.3 Å². The van der Waals surface area contributed by atoms with E-state index in [0.717, 1.165) is 19.9 Å². The number of hydrogen-bond acceptors (Lipinski definition) is 4. The summed E-state index contributed by atoms with van der Waals surface area (Å²) in [6, 6.07) is 21.6. The van der Waals surface area contributed by atoms with Gasteiger partial charge in [-0.15, -0.1) is 0 Å². The summed E-state index contributed by atoms with van der Waals surface area (Å²) < 4.78 is 29.5. The van der Waals surface area contributed by atoms with Gasteiger partial charge < -0.3 is 10.2 Å². The second-order valence-corrected chi connectivity index (χ2v) is 13.0. The smallest absolute Gasteiger partial charge is 0.264 e. The van der Waals surface area contributed by atoms with Crippen molar-refractivity contribution in [1.29, 1.82) is 0 Å². The zero-order valence-corrected chi connectivity index (χ0v) is 24.7. The Morgan fingerprint density at radius 2 is 1.50 bits per heavy atom. The summed E-state index contributed by atoms with van der Waals surface area (Å²) in [5.41, 5.74) is 1.64. The quantitative estimate of drug-likeness (QED) is 0.362. The van der Waals surface area contributed by atoms with Crippen molar-refractivity contribution in [2.24, 2.45) is 0 Å². The first-order chi connectivity index (χ1) is 17.8. The highest BCUT2D eigenvalue weighted by atomic mass is 79.9. The van der Waals surface area contributed by atoms with Crippen LogP contribution >= 0.6 is 15.9 Å². The molecular weight excluding hydrogens is 566 g/mol. The molecule has 0 bridgehead atoms. The Balaban J connectivity index is 2.01. The number of nitrogens with zero attached hydrogens (tertiary/aromatic N) is 2. The zero-order valence-electron chi connectivity index (χ0n) is 22.3. The predicted molar refractivity (Wildman–Crippen MR) is 154 cm³/mol. The number of nitrogens with one attached hydrogen (secondary N) is 1. The Bertz CT molecular complexity index is 1350. The summed E-state index contributed by atoms with van der Waals surface area (Å²) in [5, 5.41) is 2.92. The summed E-state index contributed by atoms with van der Waals surface area (Å²) >= 11 is 3.42. The SMILES string of the molecule is Cc1ccc(N(CC(=O)N(Cc2ccc(Br)cc2)[C@H](C)C(=O)NC(C)(C)C)S(=O)(=O)c2ccccc2)cc1. The van der Waals surface area contributed by atoms with Gasteiger partial charge in [-0.1, -0.05) is 64.0 Å². The third-order valence-corrected chi connectivity index (χ3v) is 8.18. The van der Waals surface area contributed by atoms with Crippen molar-refractivity contribution >= 4 is 43.5 Å². The summed E-state index contributed by atoms with van der Waals surface area (Å²) in [6.07, 6.45) is 0. The van der Waals surface area contributed by atoms with Gasteiger partial charge in [0.15, 0.2) is 0 Å². The predicted octanol–water partition coefficient (Wildman–Crippen LogP) is 5.28. The van der Waals surface area contributed by atoms with E-state index in [2.05, 4.69) is 21.2 Å². The van der Waals surface area contributed by atoms with Gasteiger partial charge in [0.1, 0.15) is 12.6 Å². The number of rotatable bonds is 9. The van der Waals surface area contributed by atoms with E-state index in [1.165, 1.54) is 17.0 Å². The van der Waals surface area contributed by atoms with E-state index in [9.17, 15) is 18.0 Å². The maximum atomic E-state index is 13.9. The van der Waals surface area contributed by atoms with Gasteiger partial charge in [0, 0.05) is 16.6 Å². The molecule has 0 saturated heterocycles. The molecule has 2 amide bonds. The van der Waals surface area contributed by atoms with Crippen molar-refractivity contribution in [3.05, 3.63) is 94.5 Å². The van der Waals surface area contributed by atoms with Crippen LogP contribution in [0.4, 0.5) is 5.69 Å². The number of halogens is 1. The number of carbonyl (C=O) groups is 2. The largest absolute Gasteiger partial charge is 0.350 e. The topological polar surface area (TPSA) is 86.8 Å². The molecule has 38 heavy (non-hydrogen) atoms. The first kappa shape index (κ1) is 29.4. The highest BCUT2D eigenvalue weighted by Crippen LogP contribution is 2.25. The molecule has 1 N–H and O–H groups in total. The summed E-state index contributed by atoms with van der Waals surface area (Å²) in [7, 11) is -4.07. The molecule has 9 heteroatoms. The molecule has 0 aromatic heterocycles. The lowest BCUT2D eigenvalue weighted by Crippen LogP contribution is -2.54. The Morgan fingerprint density at radius 1 is 0.921 bits per heavy atom. The second-order valence-electron chi connectivity index (χ2n) is 10.2. The average molecular weight is 601 g/mol. The van der Waals surface area contributed by atoms with Crippen molar-refractivity contribution in [3.63, 3.8) is 0 Å². The molecule has 0 heterocycles. The number of amides is 2. The third kappa shape index (κ3) is 7.68. The van der Waals surface area contributed by atoms with Crippen LogP contribution in [0.2, 0.25) is 0 Å². The second kappa shape index (κ2) is 12.1. The summed E-state index contributed by atoms with van der Waals surface area (Å²) in [4.78, 5) is 28.5. The minimum absolute atomic E-state index is 0.0753. The van der Waals surface area contributed by atoms with Gasteiger partial charge >= 0.3 is 0 Å². The first-order valence-electron chi connectivity index (χ1n) is 12.3. The highest BCUT2D eigenvalue weighted by Gasteiger charge is 2.33. The Labute approximate surface area is 234 Å². The zero-order chi connectivity index (χ0) is 28.1. The normalized spacial score (nSPS) is 12.5. The van der Waals surface area contributed by atoms with Crippen LogP contribution in [0.15, 0.2) is 88.2 Å². The molecule has 0 radical (unpaired) electrons. The minimum Gasteiger partial charge on any atom is -0.350 e. The lowest BCUT2D eigenvalue weighted by atomic mass is 10.1. The van der Waals surface area contributed by atoms with Gasteiger partial charge in [-0.05, 0) is 76.6 Å². The molecule has 0 unspecified atom stereocenters. The number of aryl methyl sites for hydroxylation is 1. The number of carbonyl (C=O) groups excluding carboxylic acids is 2. The fraction of sp³-hybridized carbons (Fsp3) is 0.310. The van der Waals surface area contributed by atoms with Crippen LogP contribution in [0.5, 0.6) is 0 Å². The van der Waals surface area contributed by atoms with Gasteiger partial charge in [0.05, 0.1) is 10.6 Å². The van der Waals surface area contributed by atoms with Gasteiger partial charge in [-0.3, -0.25) is 13.9 Å². The van der Waals surface area contributed by atoms with E-state index < -0.39 is 34.1 Å². The molecule has 3 aromatic carbocycles. The number of hydrogen-bond donors (Lipinski definition) is 1. The standard InChI is InChI=1S/C29H34BrN3O4S/c1-21-11-17-25(18-12-21)33(38(36,37)26-9-7-6-8-10-26)20-27(34)32(19-23-13-15-24(30)16-14-23)22(2)28(35)31-29(3,4)5/h6-18,22H,19-20H2,1-5H3,(H,31,35)/t22-/m1/s1. The fourth-order valence-corrected chi connectivity index (χ4v) is 5.50. The van der Waals surface area contributed by atoms with Crippen molar-refractivity contribution in [2.75, 3.05) is 10.8 Å². The molecule has 0 fully saturated rings. The van der Waals surface area contributed by atoms with Crippen molar-refractivity contribution in [2.45, 2.75) is 57.6 Å². The average Bonchev–Trinajstić information content (AvgIpc) is 2.86. The molecule has 1 atom stereocenters. The van der Waals surface area contributed by atoms with Crippen molar-refractivity contribution in [1.82, 2.24) is 10.2 Å². The lowest BCUT2D eigenvalue weighted by molar-refractivity contribution is -0.140. The number of sulfonamides is 1. The van der Waals surface area contributed by atoms with Gasteiger partial charge in [0.2, 0.25) is 11.8 Å². The molecule has 0 aliphatic heterocycles. The van der Waals surface area contributed by atoms with Gasteiger partial charge in [-0.25, -0.2) is 8.42 Å². The fourth-order valence-electron chi connectivity index (χ4n) is 3.80. The van der Waals surface area contributed by atoms with E-state index >= 15 is 0 Å². The minimum atomic E-state index is -4.07. The molecule has 0 saturated carbocycles. The van der Waals surface area contributed by atoms with Crippen LogP contribution in [-0.2, 0) is 26.2 Å². The molecule has 0 spiro atoms. The number of anilines is 1. The van der Waals surface area contributed by atoms with E-state index in [4.69, 9.17) is 0 Å².